The molecule has 1 unspecified atom stereocenters. The molecule has 0 radical (unpaired) electrons. The van der Waals surface area contributed by atoms with Crippen LogP contribution in [0.3, 0.4) is 0 Å². The van der Waals surface area contributed by atoms with Crippen LogP contribution in [0.4, 0.5) is 4.79 Å². The van der Waals surface area contributed by atoms with Crippen LogP contribution in [0.15, 0.2) is 12.3 Å². The second-order valence-electron chi connectivity index (χ2n) is 4.14. The van der Waals surface area contributed by atoms with Crippen LogP contribution in [0.25, 0.3) is 0 Å². The maximum absolute atomic E-state index is 11.4. The van der Waals surface area contributed by atoms with Gasteiger partial charge in [0.05, 0.1) is 0 Å². The van der Waals surface area contributed by atoms with E-state index >= 15 is 0 Å². The fourth-order valence-corrected chi connectivity index (χ4v) is 1.44. The Morgan fingerprint density at radius 1 is 1.77 bits per heavy atom. The first kappa shape index (κ1) is 10.1. The predicted molar refractivity (Wildman–Crippen MR) is 53.3 cm³/mol. The third-order valence-electron chi connectivity index (χ3n) is 2.77. The van der Waals surface area contributed by atoms with Crippen molar-refractivity contribution in [2.24, 2.45) is 5.41 Å². The van der Waals surface area contributed by atoms with Crippen molar-refractivity contribution in [2.45, 2.75) is 27.2 Å². The van der Waals surface area contributed by atoms with Crippen LogP contribution >= 0.6 is 0 Å². The lowest BCUT2D eigenvalue weighted by atomic mass is 9.85. The van der Waals surface area contributed by atoms with Crippen LogP contribution in [0, 0.1) is 5.41 Å². The van der Waals surface area contributed by atoms with Gasteiger partial charge >= 0.3 is 6.03 Å². The van der Waals surface area contributed by atoms with E-state index in [4.69, 9.17) is 0 Å². The maximum atomic E-state index is 11.4. The number of nitrogens with zero attached hydrogens (tertiary/aromatic N) is 1. The van der Waals surface area contributed by atoms with Crippen molar-refractivity contribution < 1.29 is 4.79 Å². The van der Waals surface area contributed by atoms with Crippen molar-refractivity contribution in [3.63, 3.8) is 0 Å². The molecule has 0 bridgehead atoms. The fourth-order valence-electron chi connectivity index (χ4n) is 1.44. The number of hydrogen-bond acceptors (Lipinski definition) is 1. The van der Waals surface area contributed by atoms with Gasteiger partial charge in [0.25, 0.3) is 0 Å². The highest BCUT2D eigenvalue weighted by Crippen LogP contribution is 2.26. The monoisotopic (exact) mass is 182 g/mol. The second-order valence-corrected chi connectivity index (χ2v) is 4.14. The quantitative estimate of drug-likeness (QED) is 0.695. The highest BCUT2D eigenvalue weighted by Gasteiger charge is 2.33. The zero-order valence-corrected chi connectivity index (χ0v) is 8.68. The zero-order chi connectivity index (χ0) is 10.1. The van der Waals surface area contributed by atoms with Crippen molar-refractivity contribution in [3.8, 4) is 0 Å². The molecule has 2 amide bonds. The van der Waals surface area contributed by atoms with Gasteiger partial charge in [-0.2, -0.15) is 0 Å². The largest absolute Gasteiger partial charge is 0.337 e. The molecule has 0 spiro atoms. The van der Waals surface area contributed by atoms with Crippen LogP contribution in [-0.2, 0) is 0 Å². The van der Waals surface area contributed by atoms with Crippen LogP contribution in [-0.4, -0.2) is 24.0 Å². The number of allylic oxidation sites excluding steroid dienone is 1. The van der Waals surface area contributed by atoms with Crippen molar-refractivity contribution >= 4 is 6.03 Å². The van der Waals surface area contributed by atoms with Gasteiger partial charge < -0.3 is 5.32 Å². The first-order valence-corrected chi connectivity index (χ1v) is 4.69. The molecule has 3 heteroatoms. The molecule has 1 heterocycles. The van der Waals surface area contributed by atoms with E-state index in [1.54, 1.807) is 4.90 Å². The Balaban J connectivity index is 2.74. The molecule has 1 rings (SSSR count). The Morgan fingerprint density at radius 3 is 2.85 bits per heavy atom. The van der Waals surface area contributed by atoms with Gasteiger partial charge in [-0.15, -0.1) is 0 Å². The number of carbonyl (C=O) groups excluding carboxylic acids is 1. The summed E-state index contributed by atoms with van der Waals surface area (Å²) in [6.07, 6.45) is 1.07. The van der Waals surface area contributed by atoms with E-state index in [0.29, 0.717) is 0 Å². The van der Waals surface area contributed by atoms with Gasteiger partial charge in [-0.1, -0.05) is 20.4 Å². The van der Waals surface area contributed by atoms with Crippen LogP contribution in [0.5, 0.6) is 0 Å². The number of amides is 2. The summed E-state index contributed by atoms with van der Waals surface area (Å²) in [4.78, 5) is 13.1. The highest BCUT2D eigenvalue weighted by molar-refractivity contribution is 5.76. The Labute approximate surface area is 79.8 Å². The minimum absolute atomic E-state index is 0.0153. The average molecular weight is 182 g/mol. The standard InChI is InChI=1S/C10H18N2O/c1-5-10(4)6-11-9(13)12(7-10)8(2)3/h2,5-7H2,1,3-4H3,(H,11,13). The topological polar surface area (TPSA) is 32.3 Å². The van der Waals surface area contributed by atoms with E-state index < -0.39 is 0 Å². The molecule has 1 atom stereocenters. The molecule has 3 nitrogen and oxygen atoms in total. The molecule has 0 aromatic rings. The molecule has 1 fully saturated rings. The summed E-state index contributed by atoms with van der Waals surface area (Å²) < 4.78 is 0. The first-order chi connectivity index (χ1) is 5.98. The third-order valence-corrected chi connectivity index (χ3v) is 2.77. The van der Waals surface area contributed by atoms with E-state index in [0.717, 1.165) is 25.2 Å². The van der Waals surface area contributed by atoms with Crippen molar-refractivity contribution in [1.82, 2.24) is 10.2 Å². The van der Waals surface area contributed by atoms with Crippen LogP contribution < -0.4 is 5.32 Å². The lowest BCUT2D eigenvalue weighted by molar-refractivity contribution is 0.144. The first-order valence-electron chi connectivity index (χ1n) is 4.69. The minimum Gasteiger partial charge on any atom is -0.337 e. The Kier molecular flexibility index (Phi) is 2.64. The molecule has 1 aliphatic heterocycles. The summed E-state index contributed by atoms with van der Waals surface area (Å²) in [7, 11) is 0. The summed E-state index contributed by atoms with van der Waals surface area (Å²) in [6, 6.07) is -0.0153. The summed E-state index contributed by atoms with van der Waals surface area (Å²) >= 11 is 0. The van der Waals surface area contributed by atoms with Gasteiger partial charge in [0.1, 0.15) is 0 Å². The van der Waals surface area contributed by atoms with Gasteiger partial charge in [-0.3, -0.25) is 4.90 Å². The van der Waals surface area contributed by atoms with Gasteiger partial charge in [-0.05, 0) is 13.3 Å². The molecular formula is C10H18N2O. The Morgan fingerprint density at radius 2 is 2.38 bits per heavy atom. The Bertz CT molecular complexity index is 237. The second kappa shape index (κ2) is 3.40. The molecule has 1 N–H and O–H groups in total. The third kappa shape index (κ3) is 2.02. The molecule has 1 saturated heterocycles. The summed E-state index contributed by atoms with van der Waals surface area (Å²) in [5, 5.41) is 2.88. The van der Waals surface area contributed by atoms with Gasteiger partial charge in [-0.25, -0.2) is 4.79 Å². The van der Waals surface area contributed by atoms with Gasteiger partial charge in [0.15, 0.2) is 0 Å². The lowest BCUT2D eigenvalue weighted by Gasteiger charge is -2.40. The SMILES string of the molecule is C=C(C)N1CC(C)(CC)CNC1=O. The van der Waals surface area contributed by atoms with E-state index in [2.05, 4.69) is 25.7 Å². The zero-order valence-electron chi connectivity index (χ0n) is 8.68. The minimum atomic E-state index is -0.0153. The number of urea groups is 1. The average Bonchev–Trinajstić information content (AvgIpc) is 2.09. The lowest BCUT2D eigenvalue weighted by Crippen LogP contribution is -2.54. The predicted octanol–water partition coefficient (Wildman–Crippen LogP) is 1.96. The summed E-state index contributed by atoms with van der Waals surface area (Å²) in [6.45, 7) is 11.5. The van der Waals surface area contributed by atoms with Crippen LogP contribution in [0.1, 0.15) is 27.2 Å². The van der Waals surface area contributed by atoms with Gasteiger partial charge in [0.2, 0.25) is 0 Å². The van der Waals surface area contributed by atoms with Gasteiger partial charge in [0, 0.05) is 24.2 Å². The highest BCUT2D eigenvalue weighted by atomic mass is 16.2. The number of rotatable bonds is 2. The molecule has 0 saturated carbocycles. The molecule has 74 valence electrons. The summed E-state index contributed by atoms with van der Waals surface area (Å²) in [5.74, 6) is 0. The molecule has 0 aromatic heterocycles. The molecular weight excluding hydrogens is 164 g/mol. The van der Waals surface area contributed by atoms with Crippen molar-refractivity contribution in [1.29, 1.82) is 0 Å². The maximum Gasteiger partial charge on any atom is 0.321 e. The summed E-state index contributed by atoms with van der Waals surface area (Å²) in [5.41, 5.74) is 1.00. The molecule has 0 aromatic carbocycles. The number of carbonyl (C=O) groups is 1. The molecule has 13 heavy (non-hydrogen) atoms. The Hall–Kier alpha value is -0.990. The van der Waals surface area contributed by atoms with E-state index in [-0.39, 0.29) is 11.4 Å². The number of nitrogens with one attached hydrogen (secondary N) is 1. The normalized spacial score (nSPS) is 28.5. The van der Waals surface area contributed by atoms with E-state index in [1.807, 2.05) is 6.92 Å². The smallest absolute Gasteiger partial charge is 0.321 e. The van der Waals surface area contributed by atoms with E-state index in [1.165, 1.54) is 0 Å². The van der Waals surface area contributed by atoms with E-state index in [9.17, 15) is 4.79 Å². The number of hydrogen-bond donors (Lipinski definition) is 1. The molecule has 0 aliphatic carbocycles. The molecule has 1 aliphatic rings. The van der Waals surface area contributed by atoms with Crippen molar-refractivity contribution in [3.05, 3.63) is 12.3 Å². The van der Waals surface area contributed by atoms with Crippen LogP contribution in [0.2, 0.25) is 0 Å². The van der Waals surface area contributed by atoms with Crippen molar-refractivity contribution in [2.75, 3.05) is 13.1 Å². The fraction of sp³-hybridized carbons (Fsp3) is 0.700.